The van der Waals surface area contributed by atoms with Gasteiger partial charge >= 0.3 is 12.2 Å². The van der Waals surface area contributed by atoms with E-state index in [1.54, 1.807) is 11.0 Å². The van der Waals surface area contributed by atoms with Gasteiger partial charge in [-0.05, 0) is 49.1 Å². The monoisotopic (exact) mass is 417 g/mol. The number of aromatic nitrogens is 3. The minimum Gasteiger partial charge on any atom is -0.324 e. The van der Waals surface area contributed by atoms with E-state index < -0.39 is 18.0 Å². The zero-order chi connectivity index (χ0) is 21.3. The summed E-state index contributed by atoms with van der Waals surface area (Å²) in [5, 5.41) is 2.85. The predicted octanol–water partition coefficient (Wildman–Crippen LogP) is 4.88. The van der Waals surface area contributed by atoms with Gasteiger partial charge in [-0.15, -0.1) is 0 Å². The number of amides is 2. The first-order chi connectivity index (χ1) is 14.4. The number of hydrogen-bond donors (Lipinski definition) is 1. The smallest absolute Gasteiger partial charge is 0.324 e. The first-order valence-corrected chi connectivity index (χ1v) is 9.92. The van der Waals surface area contributed by atoms with Gasteiger partial charge in [-0.2, -0.15) is 13.2 Å². The lowest BCUT2D eigenvalue weighted by Crippen LogP contribution is -2.42. The highest BCUT2D eigenvalue weighted by atomic mass is 19.4. The van der Waals surface area contributed by atoms with Crippen LogP contribution in [0.2, 0.25) is 0 Å². The van der Waals surface area contributed by atoms with Crippen LogP contribution in [0.25, 0.3) is 11.2 Å². The van der Waals surface area contributed by atoms with Crippen molar-refractivity contribution in [3.63, 3.8) is 0 Å². The van der Waals surface area contributed by atoms with Crippen molar-refractivity contribution in [3.05, 3.63) is 54.0 Å². The summed E-state index contributed by atoms with van der Waals surface area (Å²) in [5.74, 6) is -0.935. The molecule has 3 heterocycles. The zero-order valence-corrected chi connectivity index (χ0v) is 16.5. The number of nitrogens with zero attached hydrogens (tertiary/aromatic N) is 4. The van der Waals surface area contributed by atoms with Crippen LogP contribution >= 0.6 is 0 Å². The first kappa shape index (κ1) is 20.2. The minimum atomic E-state index is -4.57. The normalized spacial score (nSPS) is 15.5. The molecule has 1 saturated heterocycles. The fraction of sp³-hybridized carbons (Fsp3) is 0.381. The van der Waals surface area contributed by atoms with Crippen LogP contribution in [-0.4, -0.2) is 38.6 Å². The number of rotatable bonds is 3. The molecule has 0 atom stereocenters. The fourth-order valence-corrected chi connectivity index (χ4v) is 3.83. The van der Waals surface area contributed by atoms with Crippen molar-refractivity contribution in [2.24, 2.45) is 0 Å². The van der Waals surface area contributed by atoms with Crippen LogP contribution in [0, 0.1) is 0 Å². The van der Waals surface area contributed by atoms with Gasteiger partial charge in [-0.3, -0.25) is 0 Å². The minimum absolute atomic E-state index is 0.223. The molecule has 1 aliphatic heterocycles. The first-order valence-electron chi connectivity index (χ1n) is 9.92. The molecule has 0 spiro atoms. The molecule has 0 saturated carbocycles. The summed E-state index contributed by atoms with van der Waals surface area (Å²) in [6, 6.07) is 10.0. The number of imidazole rings is 1. The number of fused-ring (bicyclic) bond motifs is 1. The molecule has 30 heavy (non-hydrogen) atoms. The molecule has 3 aromatic rings. The number of carbonyl (C=O) groups is 1. The molecule has 158 valence electrons. The van der Waals surface area contributed by atoms with E-state index in [4.69, 9.17) is 0 Å². The van der Waals surface area contributed by atoms with E-state index >= 15 is 0 Å². The number of carbonyl (C=O) groups excluding carboxylic acids is 1. The lowest BCUT2D eigenvalue weighted by molar-refractivity contribution is -0.147. The molecule has 1 fully saturated rings. The van der Waals surface area contributed by atoms with Crippen molar-refractivity contribution < 1.29 is 18.0 Å². The molecule has 2 aromatic heterocycles. The lowest BCUT2D eigenvalue weighted by atomic mass is 10.0. The molecule has 0 bridgehead atoms. The molecular weight excluding hydrogens is 395 g/mol. The van der Waals surface area contributed by atoms with Crippen LogP contribution in [0.4, 0.5) is 23.7 Å². The van der Waals surface area contributed by atoms with Crippen molar-refractivity contribution in [1.82, 2.24) is 19.4 Å². The Hall–Kier alpha value is -3.10. The number of alkyl halides is 3. The Kier molecular flexibility index (Phi) is 5.36. The molecule has 4 rings (SSSR count). The van der Waals surface area contributed by atoms with E-state index in [0.717, 1.165) is 6.42 Å². The number of nitrogens with one attached hydrogen (secondary N) is 1. The summed E-state index contributed by atoms with van der Waals surface area (Å²) >= 11 is 0. The third kappa shape index (κ3) is 3.96. The van der Waals surface area contributed by atoms with Gasteiger partial charge in [0.15, 0.2) is 5.65 Å². The van der Waals surface area contributed by atoms with Crippen LogP contribution in [-0.2, 0) is 12.6 Å². The maximum Gasteiger partial charge on any atom is 0.449 e. The Morgan fingerprint density at radius 2 is 1.87 bits per heavy atom. The number of likely N-dealkylation sites (tertiary alicyclic amines) is 1. The van der Waals surface area contributed by atoms with Gasteiger partial charge in [0.25, 0.3) is 0 Å². The van der Waals surface area contributed by atoms with E-state index in [-0.39, 0.29) is 17.2 Å². The standard InChI is InChI=1S/C21H22F3N5O/c1-2-14-5-7-15(8-6-14)26-20(30)28-12-9-16(10-13-28)29-18-17(4-3-11-25-18)27-19(29)21(22,23)24/h3-8,11,16H,2,9-10,12-13H2,1H3,(H,26,30). The van der Waals surface area contributed by atoms with Crippen LogP contribution in [0.3, 0.4) is 0 Å². The molecule has 1 aromatic carbocycles. The average Bonchev–Trinajstić information content (AvgIpc) is 3.14. The van der Waals surface area contributed by atoms with Gasteiger partial charge in [0.05, 0.1) is 0 Å². The number of hydrogen-bond acceptors (Lipinski definition) is 3. The highest BCUT2D eigenvalue weighted by molar-refractivity contribution is 5.89. The number of anilines is 1. The number of pyridine rings is 1. The Morgan fingerprint density at radius 1 is 1.17 bits per heavy atom. The van der Waals surface area contributed by atoms with Crippen LogP contribution in [0.1, 0.15) is 37.2 Å². The van der Waals surface area contributed by atoms with Gasteiger partial charge in [-0.1, -0.05) is 19.1 Å². The second-order valence-electron chi connectivity index (χ2n) is 7.35. The summed E-state index contributed by atoms with van der Waals surface area (Å²) < 4.78 is 41.9. The second-order valence-corrected chi connectivity index (χ2v) is 7.35. The van der Waals surface area contributed by atoms with Gasteiger partial charge in [0.1, 0.15) is 5.52 Å². The molecule has 1 aliphatic rings. The number of halogens is 3. The molecular formula is C21H22F3N5O. The van der Waals surface area contributed by atoms with Gasteiger partial charge in [0, 0.05) is 31.0 Å². The Morgan fingerprint density at radius 3 is 2.50 bits per heavy atom. The third-order valence-electron chi connectivity index (χ3n) is 5.43. The van der Waals surface area contributed by atoms with Crippen molar-refractivity contribution in [2.45, 2.75) is 38.4 Å². The maximum absolute atomic E-state index is 13.6. The van der Waals surface area contributed by atoms with Crippen LogP contribution in [0.15, 0.2) is 42.6 Å². The van der Waals surface area contributed by atoms with Gasteiger partial charge < -0.3 is 14.8 Å². The number of aryl methyl sites for hydroxylation is 1. The van der Waals surface area contributed by atoms with E-state index in [9.17, 15) is 18.0 Å². The van der Waals surface area contributed by atoms with Crippen molar-refractivity contribution in [3.8, 4) is 0 Å². The average molecular weight is 417 g/mol. The van der Waals surface area contributed by atoms with Gasteiger partial charge in [0.2, 0.25) is 5.82 Å². The lowest BCUT2D eigenvalue weighted by Gasteiger charge is -2.33. The number of benzene rings is 1. The third-order valence-corrected chi connectivity index (χ3v) is 5.43. The number of piperidine rings is 1. The molecule has 9 heteroatoms. The Labute approximate surface area is 171 Å². The summed E-state index contributed by atoms with van der Waals surface area (Å²) in [6.45, 7) is 2.77. The number of urea groups is 1. The molecule has 2 amide bonds. The fourth-order valence-electron chi connectivity index (χ4n) is 3.83. The topological polar surface area (TPSA) is 63.1 Å². The van der Waals surface area contributed by atoms with Crippen molar-refractivity contribution in [2.75, 3.05) is 18.4 Å². The predicted molar refractivity (Wildman–Crippen MR) is 107 cm³/mol. The second kappa shape index (κ2) is 7.97. The molecule has 1 N–H and O–H groups in total. The Balaban J connectivity index is 1.47. The van der Waals surface area contributed by atoms with E-state index in [1.165, 1.54) is 22.4 Å². The largest absolute Gasteiger partial charge is 0.449 e. The maximum atomic E-state index is 13.6. The highest BCUT2D eigenvalue weighted by Gasteiger charge is 2.40. The zero-order valence-electron chi connectivity index (χ0n) is 16.5. The van der Waals surface area contributed by atoms with Crippen molar-refractivity contribution in [1.29, 1.82) is 0 Å². The van der Waals surface area contributed by atoms with Crippen molar-refractivity contribution >= 4 is 22.9 Å². The SMILES string of the molecule is CCc1ccc(NC(=O)N2CCC(n3c(C(F)(F)F)nc4cccnc43)CC2)cc1. The van der Waals surface area contributed by atoms with Crippen LogP contribution < -0.4 is 5.32 Å². The Bertz CT molecular complexity index is 1040. The molecule has 0 radical (unpaired) electrons. The van der Waals surface area contributed by atoms with E-state index in [0.29, 0.717) is 31.6 Å². The summed E-state index contributed by atoms with van der Waals surface area (Å²) in [4.78, 5) is 22.1. The molecule has 6 nitrogen and oxygen atoms in total. The summed E-state index contributed by atoms with van der Waals surface area (Å²) in [7, 11) is 0. The summed E-state index contributed by atoms with van der Waals surface area (Å²) in [5.41, 5.74) is 2.32. The highest BCUT2D eigenvalue weighted by Crippen LogP contribution is 2.36. The van der Waals surface area contributed by atoms with E-state index in [1.807, 2.05) is 24.3 Å². The molecule has 0 unspecified atom stereocenters. The summed E-state index contributed by atoms with van der Waals surface area (Å²) in [6.07, 6.45) is -1.40. The quantitative estimate of drug-likeness (QED) is 0.661. The van der Waals surface area contributed by atoms with E-state index in [2.05, 4.69) is 22.2 Å². The van der Waals surface area contributed by atoms with Crippen LogP contribution in [0.5, 0.6) is 0 Å². The molecule has 0 aliphatic carbocycles. The van der Waals surface area contributed by atoms with Gasteiger partial charge in [-0.25, -0.2) is 14.8 Å².